The monoisotopic (exact) mass is 337 g/mol. The SMILES string of the molecule is Cc1c(C2=NN3CCC(O)C3C2OCCF)ccc(C#N)c1Cl. The fraction of sp³-hybridized carbons (Fsp3) is 0.500. The van der Waals surface area contributed by atoms with Crippen molar-refractivity contribution in [1.82, 2.24) is 5.01 Å². The molecule has 0 saturated carbocycles. The van der Waals surface area contributed by atoms with E-state index in [9.17, 15) is 9.50 Å². The smallest absolute Gasteiger partial charge is 0.126 e. The summed E-state index contributed by atoms with van der Waals surface area (Å²) in [4.78, 5) is 0. The number of nitriles is 1. The Morgan fingerprint density at radius 2 is 2.35 bits per heavy atom. The fourth-order valence-corrected chi connectivity index (χ4v) is 3.43. The van der Waals surface area contributed by atoms with Gasteiger partial charge < -0.3 is 9.84 Å². The zero-order valence-corrected chi connectivity index (χ0v) is 13.4. The lowest BCUT2D eigenvalue weighted by molar-refractivity contribution is 0.0106. The molecule has 2 aliphatic rings. The highest BCUT2D eigenvalue weighted by molar-refractivity contribution is 6.33. The number of hydrogen-bond donors (Lipinski definition) is 1. The highest BCUT2D eigenvalue weighted by Crippen LogP contribution is 2.34. The number of benzene rings is 1. The third kappa shape index (κ3) is 2.69. The van der Waals surface area contributed by atoms with E-state index in [-0.39, 0.29) is 12.6 Å². The van der Waals surface area contributed by atoms with Gasteiger partial charge in [-0.3, -0.25) is 5.01 Å². The van der Waals surface area contributed by atoms with Crippen LogP contribution in [0.3, 0.4) is 0 Å². The molecule has 5 nitrogen and oxygen atoms in total. The van der Waals surface area contributed by atoms with Gasteiger partial charge in [0.2, 0.25) is 0 Å². The second-order valence-electron chi connectivity index (χ2n) is 5.69. The van der Waals surface area contributed by atoms with Gasteiger partial charge in [-0.15, -0.1) is 0 Å². The highest BCUT2D eigenvalue weighted by Gasteiger charge is 2.46. The van der Waals surface area contributed by atoms with Crippen LogP contribution in [0.15, 0.2) is 17.2 Å². The first-order chi connectivity index (χ1) is 11.1. The summed E-state index contributed by atoms with van der Waals surface area (Å²) in [6.07, 6.45) is -0.453. The number of nitrogens with zero attached hydrogens (tertiary/aromatic N) is 3. The molecular weight excluding hydrogens is 321 g/mol. The van der Waals surface area contributed by atoms with Gasteiger partial charge in [0.05, 0.1) is 29.0 Å². The Morgan fingerprint density at radius 1 is 1.57 bits per heavy atom. The number of alkyl halides is 1. The van der Waals surface area contributed by atoms with Gasteiger partial charge in [0.15, 0.2) is 0 Å². The van der Waals surface area contributed by atoms with Gasteiger partial charge in [0, 0.05) is 12.1 Å². The van der Waals surface area contributed by atoms with Crippen LogP contribution >= 0.6 is 11.6 Å². The van der Waals surface area contributed by atoms with Crippen LogP contribution in [0.4, 0.5) is 4.39 Å². The van der Waals surface area contributed by atoms with Crippen LogP contribution < -0.4 is 0 Å². The van der Waals surface area contributed by atoms with Gasteiger partial charge in [0.25, 0.3) is 0 Å². The number of hydrogen-bond acceptors (Lipinski definition) is 5. The maximum Gasteiger partial charge on any atom is 0.126 e. The number of hydrazone groups is 1. The topological polar surface area (TPSA) is 68.8 Å². The maximum atomic E-state index is 12.6. The molecule has 1 aromatic rings. The lowest BCUT2D eigenvalue weighted by atomic mass is 9.94. The van der Waals surface area contributed by atoms with Crippen LogP contribution in [0.2, 0.25) is 5.02 Å². The Morgan fingerprint density at radius 3 is 3.04 bits per heavy atom. The first kappa shape index (κ1) is 16.2. The Hall–Kier alpha value is -1.68. The number of rotatable bonds is 4. The summed E-state index contributed by atoms with van der Waals surface area (Å²) in [7, 11) is 0. The van der Waals surface area contributed by atoms with Crippen molar-refractivity contribution in [1.29, 1.82) is 5.26 Å². The molecule has 23 heavy (non-hydrogen) atoms. The van der Waals surface area contributed by atoms with E-state index in [0.29, 0.717) is 29.3 Å². The van der Waals surface area contributed by atoms with Gasteiger partial charge in [-0.1, -0.05) is 17.7 Å². The number of aliphatic hydroxyl groups is 1. The molecule has 0 aliphatic carbocycles. The van der Waals surface area contributed by atoms with Crippen LogP contribution in [-0.2, 0) is 4.74 Å². The van der Waals surface area contributed by atoms with Crippen molar-refractivity contribution in [2.24, 2.45) is 5.10 Å². The second kappa shape index (κ2) is 6.44. The predicted molar refractivity (Wildman–Crippen MR) is 84.3 cm³/mol. The van der Waals surface area contributed by atoms with Crippen LogP contribution in [0.25, 0.3) is 0 Å². The van der Waals surface area contributed by atoms with E-state index < -0.39 is 18.9 Å². The Kier molecular flexibility index (Phi) is 4.53. The molecular formula is C16H17ClFN3O2. The molecule has 1 aromatic carbocycles. The summed E-state index contributed by atoms with van der Waals surface area (Å²) < 4.78 is 18.2. The normalized spacial score (nSPS) is 26.1. The molecule has 0 aromatic heterocycles. The summed E-state index contributed by atoms with van der Waals surface area (Å²) in [5.74, 6) is 0. The van der Waals surface area contributed by atoms with Crippen LogP contribution in [-0.4, -0.2) is 53.9 Å². The van der Waals surface area contributed by atoms with Crippen LogP contribution in [0, 0.1) is 18.3 Å². The molecule has 7 heteroatoms. The van der Waals surface area contributed by atoms with E-state index >= 15 is 0 Å². The Labute approximate surface area is 138 Å². The lowest BCUT2D eigenvalue weighted by Gasteiger charge is -2.24. The van der Waals surface area contributed by atoms with Gasteiger partial charge >= 0.3 is 0 Å². The predicted octanol–water partition coefficient (Wildman–Crippen LogP) is 2.03. The van der Waals surface area contributed by atoms with E-state index in [4.69, 9.17) is 21.6 Å². The molecule has 1 fully saturated rings. The quantitative estimate of drug-likeness (QED) is 0.912. The van der Waals surface area contributed by atoms with Crippen molar-refractivity contribution in [3.8, 4) is 6.07 Å². The Balaban J connectivity index is 2.00. The lowest BCUT2D eigenvalue weighted by Crippen LogP contribution is -2.42. The van der Waals surface area contributed by atoms with E-state index in [1.807, 2.05) is 13.0 Å². The average Bonchev–Trinajstić information content (AvgIpc) is 3.08. The second-order valence-corrected chi connectivity index (χ2v) is 6.06. The minimum atomic E-state index is -0.598. The molecule has 0 amide bonds. The van der Waals surface area contributed by atoms with Crippen molar-refractivity contribution in [2.75, 3.05) is 19.8 Å². The summed E-state index contributed by atoms with van der Waals surface area (Å²) in [6, 6.07) is 5.16. The van der Waals surface area contributed by atoms with Crippen LogP contribution in [0.5, 0.6) is 0 Å². The average molecular weight is 338 g/mol. The molecule has 3 atom stereocenters. The number of aliphatic hydroxyl groups excluding tert-OH is 1. The largest absolute Gasteiger partial charge is 0.391 e. The summed E-state index contributed by atoms with van der Waals surface area (Å²) in [5.41, 5.74) is 2.52. The maximum absolute atomic E-state index is 12.6. The number of ether oxygens (including phenoxy) is 1. The minimum absolute atomic E-state index is 0.0518. The first-order valence-electron chi connectivity index (χ1n) is 7.48. The van der Waals surface area contributed by atoms with Gasteiger partial charge in [-0.25, -0.2) is 4.39 Å². The summed E-state index contributed by atoms with van der Waals surface area (Å²) >= 11 is 6.24. The van der Waals surface area contributed by atoms with Crippen molar-refractivity contribution >= 4 is 17.3 Å². The summed E-state index contributed by atoms with van der Waals surface area (Å²) in [6.45, 7) is 1.80. The van der Waals surface area contributed by atoms with E-state index in [0.717, 1.165) is 11.1 Å². The number of halogens is 2. The van der Waals surface area contributed by atoms with E-state index in [2.05, 4.69) is 5.10 Å². The zero-order valence-electron chi connectivity index (χ0n) is 12.7. The fourth-order valence-electron chi connectivity index (χ4n) is 3.22. The third-order valence-corrected chi connectivity index (χ3v) is 4.85. The van der Waals surface area contributed by atoms with Crippen molar-refractivity contribution in [2.45, 2.75) is 31.6 Å². The molecule has 1 N–H and O–H groups in total. The van der Waals surface area contributed by atoms with E-state index in [1.165, 1.54) is 0 Å². The standard InChI is InChI=1S/C16H17ClFN3O2/c1-9-11(3-2-10(8-19)13(9)17)14-16(23-7-5-18)15-12(22)4-6-21(15)20-14/h2-3,12,15-16,22H,4-7H2,1H3. The molecule has 0 radical (unpaired) electrons. The third-order valence-electron chi connectivity index (χ3n) is 4.37. The van der Waals surface area contributed by atoms with Crippen molar-refractivity contribution in [3.05, 3.63) is 33.8 Å². The first-order valence-corrected chi connectivity index (χ1v) is 7.86. The number of fused-ring (bicyclic) bond motifs is 1. The molecule has 0 bridgehead atoms. The van der Waals surface area contributed by atoms with Gasteiger partial charge in [-0.2, -0.15) is 10.4 Å². The molecule has 3 unspecified atom stereocenters. The van der Waals surface area contributed by atoms with Crippen LogP contribution in [0.1, 0.15) is 23.1 Å². The molecule has 3 rings (SSSR count). The zero-order chi connectivity index (χ0) is 16.6. The summed E-state index contributed by atoms with van der Waals surface area (Å²) in [5, 5.41) is 26.0. The molecule has 0 spiro atoms. The molecule has 2 heterocycles. The van der Waals surface area contributed by atoms with Gasteiger partial charge in [-0.05, 0) is 25.0 Å². The minimum Gasteiger partial charge on any atom is -0.391 e. The highest BCUT2D eigenvalue weighted by atomic mass is 35.5. The van der Waals surface area contributed by atoms with Gasteiger partial charge in [0.1, 0.15) is 24.9 Å². The van der Waals surface area contributed by atoms with Crippen molar-refractivity contribution in [3.63, 3.8) is 0 Å². The Bertz CT molecular complexity index is 689. The van der Waals surface area contributed by atoms with Crippen molar-refractivity contribution < 1.29 is 14.2 Å². The molecule has 2 aliphatic heterocycles. The molecule has 1 saturated heterocycles. The molecule has 122 valence electrons. The van der Waals surface area contributed by atoms with E-state index in [1.54, 1.807) is 17.1 Å².